The van der Waals surface area contributed by atoms with Crippen LogP contribution in [0.15, 0.2) is 35.4 Å². The molecule has 2 aliphatic rings. The van der Waals surface area contributed by atoms with Crippen LogP contribution in [0.5, 0.6) is 0 Å². The Balaban J connectivity index is 1.70. The summed E-state index contributed by atoms with van der Waals surface area (Å²) in [6, 6.07) is 7.18. The van der Waals surface area contributed by atoms with Gasteiger partial charge in [0, 0.05) is 35.1 Å². The van der Waals surface area contributed by atoms with E-state index in [1.807, 2.05) is 0 Å². The molecule has 2 aliphatic heterocycles. The van der Waals surface area contributed by atoms with Gasteiger partial charge < -0.3 is 10.1 Å². The van der Waals surface area contributed by atoms with Gasteiger partial charge in [0.05, 0.1) is 12.0 Å². The summed E-state index contributed by atoms with van der Waals surface area (Å²) in [7, 11) is -2.44. The molecule has 2 fully saturated rings. The van der Waals surface area contributed by atoms with Crippen molar-refractivity contribution in [3.8, 4) is 0 Å². The highest BCUT2D eigenvalue weighted by molar-refractivity contribution is 7.89. The second kappa shape index (κ2) is 6.61. The third-order valence-corrected chi connectivity index (χ3v) is 6.81. The molecule has 2 saturated heterocycles. The van der Waals surface area contributed by atoms with Crippen molar-refractivity contribution in [1.29, 1.82) is 0 Å². The van der Waals surface area contributed by atoms with Gasteiger partial charge >= 0.3 is 5.97 Å². The molecule has 3 heterocycles. The summed E-state index contributed by atoms with van der Waals surface area (Å²) in [6.45, 7) is 0. The molecule has 8 heteroatoms. The van der Waals surface area contributed by atoms with E-state index in [4.69, 9.17) is 4.74 Å². The topological polar surface area (TPSA) is 97.4 Å². The van der Waals surface area contributed by atoms with Crippen LogP contribution in [0.1, 0.15) is 36.2 Å². The van der Waals surface area contributed by atoms with Gasteiger partial charge in [0.15, 0.2) is 5.69 Å². The van der Waals surface area contributed by atoms with Gasteiger partial charge in [-0.1, -0.05) is 12.1 Å². The summed E-state index contributed by atoms with van der Waals surface area (Å²) in [5.41, 5.74) is 0.113. The molecule has 1 aromatic carbocycles. The van der Waals surface area contributed by atoms with Crippen LogP contribution >= 0.6 is 0 Å². The third kappa shape index (κ3) is 3.08. The van der Waals surface area contributed by atoms with Gasteiger partial charge in [-0.2, -0.15) is 0 Å². The number of fused-ring (bicyclic) bond motifs is 3. The Kier molecular flexibility index (Phi) is 4.42. The van der Waals surface area contributed by atoms with Crippen molar-refractivity contribution >= 4 is 26.8 Å². The van der Waals surface area contributed by atoms with Crippen LogP contribution in [0.3, 0.4) is 0 Å². The summed E-state index contributed by atoms with van der Waals surface area (Å²) >= 11 is 0. The lowest BCUT2D eigenvalue weighted by Crippen LogP contribution is -2.47. The third-order valence-electron chi connectivity index (χ3n) is 5.23. The second-order valence-corrected chi connectivity index (χ2v) is 8.61. The largest absolute Gasteiger partial charge is 0.464 e. The fraction of sp³-hybridized carbons (Fsp3) is 0.444. The molecule has 138 valence electrons. The Bertz CT molecular complexity index is 948. The molecule has 0 amide bonds. The Morgan fingerprint density at radius 3 is 2.62 bits per heavy atom. The second-order valence-electron chi connectivity index (χ2n) is 6.93. The zero-order valence-corrected chi connectivity index (χ0v) is 15.3. The molecule has 0 aliphatic carbocycles. The average Bonchev–Trinajstić information content (AvgIpc) is 2.98. The minimum absolute atomic E-state index is 0.0732. The highest BCUT2D eigenvalue weighted by atomic mass is 32.2. The maximum Gasteiger partial charge on any atom is 0.357 e. The number of methoxy groups -OCH3 is 1. The zero-order valence-electron chi connectivity index (χ0n) is 14.4. The summed E-state index contributed by atoms with van der Waals surface area (Å²) in [5.74, 6) is -0.590. The number of rotatable bonds is 4. The zero-order chi connectivity index (χ0) is 18.3. The van der Waals surface area contributed by atoms with Crippen molar-refractivity contribution in [3.63, 3.8) is 0 Å². The van der Waals surface area contributed by atoms with Crippen LogP contribution in [0.25, 0.3) is 10.8 Å². The van der Waals surface area contributed by atoms with E-state index in [2.05, 4.69) is 15.0 Å². The first-order chi connectivity index (χ1) is 12.5. The average molecular weight is 375 g/mol. The van der Waals surface area contributed by atoms with Crippen LogP contribution in [0, 0.1) is 0 Å². The first kappa shape index (κ1) is 17.4. The number of benzene rings is 1. The lowest BCUT2D eigenvalue weighted by molar-refractivity contribution is 0.0596. The number of hydrogen-bond donors (Lipinski definition) is 2. The van der Waals surface area contributed by atoms with Crippen molar-refractivity contribution < 1.29 is 17.9 Å². The highest BCUT2D eigenvalue weighted by Gasteiger charge is 2.35. The lowest BCUT2D eigenvalue weighted by Gasteiger charge is -2.29. The predicted molar refractivity (Wildman–Crippen MR) is 96.4 cm³/mol. The monoisotopic (exact) mass is 375 g/mol. The SMILES string of the molecule is COC(=O)c1nccc2c(S(=O)(=O)NC3CC4CCC(C3)N4)cccc12. The summed E-state index contributed by atoms with van der Waals surface area (Å²) in [5, 5.41) is 4.44. The first-order valence-corrected chi connectivity index (χ1v) is 10.2. The molecule has 2 N–H and O–H groups in total. The van der Waals surface area contributed by atoms with Crippen molar-refractivity contribution in [2.75, 3.05) is 7.11 Å². The quantitative estimate of drug-likeness (QED) is 0.788. The molecule has 2 atom stereocenters. The van der Waals surface area contributed by atoms with E-state index in [9.17, 15) is 13.2 Å². The van der Waals surface area contributed by atoms with Gasteiger partial charge in [-0.25, -0.2) is 22.9 Å². The molecular formula is C18H21N3O4S. The minimum atomic E-state index is -3.71. The fourth-order valence-corrected chi connectivity index (χ4v) is 5.59. The number of ether oxygens (including phenoxy) is 1. The van der Waals surface area contributed by atoms with E-state index in [-0.39, 0.29) is 16.6 Å². The molecule has 4 rings (SSSR count). The number of carbonyl (C=O) groups is 1. The van der Waals surface area contributed by atoms with Gasteiger partial charge in [0.1, 0.15) is 0 Å². The summed E-state index contributed by atoms with van der Waals surface area (Å²) in [6.07, 6.45) is 5.24. The maximum atomic E-state index is 13.0. The standard InChI is InChI=1S/C18H21N3O4S/c1-25-18(22)17-15-3-2-4-16(14(15)7-8-19-17)26(23,24)21-13-9-11-5-6-12(10-13)20-11/h2-4,7-8,11-13,20-21H,5-6,9-10H2,1H3. The number of esters is 1. The number of pyridine rings is 1. The maximum absolute atomic E-state index is 13.0. The predicted octanol–water partition coefficient (Wildman–Crippen LogP) is 1.58. The molecule has 26 heavy (non-hydrogen) atoms. The van der Waals surface area contributed by atoms with Crippen LogP contribution in [0.2, 0.25) is 0 Å². The van der Waals surface area contributed by atoms with Gasteiger partial charge in [-0.05, 0) is 37.8 Å². The van der Waals surface area contributed by atoms with Gasteiger partial charge in [-0.15, -0.1) is 0 Å². The van der Waals surface area contributed by atoms with Crippen LogP contribution < -0.4 is 10.0 Å². The van der Waals surface area contributed by atoms with E-state index in [1.165, 1.54) is 13.3 Å². The number of nitrogens with one attached hydrogen (secondary N) is 2. The van der Waals surface area contributed by atoms with Crippen LogP contribution in [0.4, 0.5) is 0 Å². The Morgan fingerprint density at radius 1 is 1.19 bits per heavy atom. The van der Waals surface area contributed by atoms with Crippen molar-refractivity contribution in [2.45, 2.75) is 48.7 Å². The van der Waals surface area contributed by atoms with Gasteiger partial charge in [0.25, 0.3) is 0 Å². The smallest absolute Gasteiger partial charge is 0.357 e. The number of hydrogen-bond acceptors (Lipinski definition) is 6. The number of carbonyl (C=O) groups excluding carboxylic acids is 1. The summed E-state index contributed by atoms with van der Waals surface area (Å²) in [4.78, 5) is 16.1. The number of sulfonamides is 1. The van der Waals surface area contributed by atoms with Gasteiger partial charge in [-0.3, -0.25) is 0 Å². The Morgan fingerprint density at radius 2 is 1.92 bits per heavy atom. The normalized spacial score (nSPS) is 25.3. The van der Waals surface area contributed by atoms with E-state index in [0.717, 1.165) is 25.7 Å². The molecule has 0 spiro atoms. The van der Waals surface area contributed by atoms with Crippen LogP contribution in [-0.2, 0) is 14.8 Å². The summed E-state index contributed by atoms with van der Waals surface area (Å²) < 4.78 is 33.7. The molecule has 7 nitrogen and oxygen atoms in total. The molecule has 0 radical (unpaired) electrons. The van der Waals surface area contributed by atoms with E-state index < -0.39 is 16.0 Å². The Labute approximate surface area is 152 Å². The highest BCUT2D eigenvalue weighted by Crippen LogP contribution is 2.29. The minimum Gasteiger partial charge on any atom is -0.464 e. The van der Waals surface area contributed by atoms with Crippen molar-refractivity contribution in [1.82, 2.24) is 15.0 Å². The van der Waals surface area contributed by atoms with Crippen LogP contribution in [-0.4, -0.2) is 44.6 Å². The molecule has 2 unspecified atom stereocenters. The fourth-order valence-electron chi connectivity index (χ4n) is 4.11. The number of nitrogens with zero attached hydrogens (tertiary/aromatic N) is 1. The molecule has 0 saturated carbocycles. The lowest BCUT2D eigenvalue weighted by atomic mass is 10.0. The van der Waals surface area contributed by atoms with E-state index >= 15 is 0 Å². The number of piperidine rings is 1. The molecular weight excluding hydrogens is 354 g/mol. The van der Waals surface area contributed by atoms with E-state index in [1.54, 1.807) is 24.3 Å². The molecule has 2 bridgehead atoms. The number of aromatic nitrogens is 1. The first-order valence-electron chi connectivity index (χ1n) is 8.72. The van der Waals surface area contributed by atoms with Crippen molar-refractivity contribution in [2.24, 2.45) is 0 Å². The Hall–Kier alpha value is -2.03. The molecule has 2 aromatic rings. The van der Waals surface area contributed by atoms with Gasteiger partial charge in [0.2, 0.25) is 10.0 Å². The molecule has 1 aromatic heterocycles. The van der Waals surface area contributed by atoms with E-state index in [0.29, 0.717) is 22.9 Å². The van der Waals surface area contributed by atoms with Crippen molar-refractivity contribution in [3.05, 3.63) is 36.2 Å².